The molecule has 1 N–H and O–H groups in total. The molecule has 0 radical (unpaired) electrons. The van der Waals surface area contributed by atoms with E-state index in [1.165, 1.54) is 23.1 Å². The van der Waals surface area contributed by atoms with Crippen molar-refractivity contribution in [1.82, 2.24) is 10.2 Å². The molecule has 2 amide bonds. The van der Waals surface area contributed by atoms with E-state index in [0.717, 1.165) is 9.87 Å². The van der Waals surface area contributed by atoms with Crippen LogP contribution in [0.25, 0.3) is 0 Å². The van der Waals surface area contributed by atoms with Crippen molar-refractivity contribution in [2.24, 2.45) is 5.92 Å². The predicted octanol–water partition coefficient (Wildman–Crippen LogP) is 5.04. The fourth-order valence-corrected chi connectivity index (χ4v) is 5.70. The van der Waals surface area contributed by atoms with E-state index in [4.69, 9.17) is 16.3 Å². The number of nitrogens with zero attached hydrogens (tertiary/aromatic N) is 2. The predicted molar refractivity (Wildman–Crippen MR) is 158 cm³/mol. The number of aryl methyl sites for hydroxylation is 1. The average Bonchev–Trinajstić information content (AvgIpc) is 2.94. The Balaban J connectivity index is 2.03. The summed E-state index contributed by atoms with van der Waals surface area (Å²) in [5.41, 5.74) is 1.67. The van der Waals surface area contributed by atoms with Gasteiger partial charge in [0.25, 0.3) is 10.0 Å². The van der Waals surface area contributed by atoms with E-state index in [2.05, 4.69) is 5.32 Å². The summed E-state index contributed by atoms with van der Waals surface area (Å²) in [7, 11) is -2.60. The highest BCUT2D eigenvalue weighted by molar-refractivity contribution is 7.92. The Morgan fingerprint density at radius 1 is 0.975 bits per heavy atom. The summed E-state index contributed by atoms with van der Waals surface area (Å²) in [6.07, 6.45) is 0. The van der Waals surface area contributed by atoms with Gasteiger partial charge in [0.2, 0.25) is 11.8 Å². The SMILES string of the molecule is COc1ccc(CN(C(=O)CN(c2cc(Cl)ccc2C)S(=O)(=O)c2ccccc2)[C@@H](C)C(=O)NCC(C)C)cc1. The molecule has 3 rings (SSSR count). The highest BCUT2D eigenvalue weighted by Crippen LogP contribution is 2.30. The quantitative estimate of drug-likeness (QED) is 0.321. The second kappa shape index (κ2) is 13.7. The molecule has 0 aliphatic heterocycles. The summed E-state index contributed by atoms with van der Waals surface area (Å²) < 4.78 is 34.1. The van der Waals surface area contributed by atoms with Crippen LogP contribution in [-0.2, 0) is 26.2 Å². The lowest BCUT2D eigenvalue weighted by Crippen LogP contribution is -2.51. The number of methoxy groups -OCH3 is 1. The first-order valence-corrected chi connectivity index (χ1v) is 14.8. The van der Waals surface area contributed by atoms with E-state index in [1.807, 2.05) is 13.8 Å². The van der Waals surface area contributed by atoms with Crippen molar-refractivity contribution in [2.45, 2.75) is 45.2 Å². The maximum atomic E-state index is 14.0. The topological polar surface area (TPSA) is 96.0 Å². The second-order valence-corrected chi connectivity index (χ2v) is 12.2. The molecule has 0 bridgehead atoms. The molecule has 0 aliphatic carbocycles. The zero-order valence-corrected chi connectivity index (χ0v) is 25.0. The number of rotatable bonds is 12. The van der Waals surface area contributed by atoms with Gasteiger partial charge in [-0.15, -0.1) is 0 Å². The van der Waals surface area contributed by atoms with Crippen molar-refractivity contribution in [3.63, 3.8) is 0 Å². The molecule has 1 atom stereocenters. The van der Waals surface area contributed by atoms with Crippen molar-refractivity contribution < 1.29 is 22.7 Å². The van der Waals surface area contributed by atoms with Gasteiger partial charge in [-0.05, 0) is 67.3 Å². The number of carbonyl (C=O) groups is 2. The summed E-state index contributed by atoms with van der Waals surface area (Å²) in [5.74, 6) is 0.00831. The minimum atomic E-state index is -4.16. The number of hydrogen-bond donors (Lipinski definition) is 1. The van der Waals surface area contributed by atoms with Crippen molar-refractivity contribution in [2.75, 3.05) is 24.5 Å². The largest absolute Gasteiger partial charge is 0.497 e. The number of halogens is 1. The van der Waals surface area contributed by atoms with Crippen LogP contribution >= 0.6 is 11.6 Å². The van der Waals surface area contributed by atoms with Crippen molar-refractivity contribution >= 4 is 39.1 Å². The Labute approximate surface area is 241 Å². The first-order valence-electron chi connectivity index (χ1n) is 13.0. The fraction of sp³-hybridized carbons (Fsp3) is 0.333. The average molecular weight is 586 g/mol. The van der Waals surface area contributed by atoms with Gasteiger partial charge in [-0.2, -0.15) is 0 Å². The standard InChI is InChI=1S/C30H36ClN3O5S/c1-21(2)18-32-30(36)23(4)33(19-24-12-15-26(39-5)16-13-24)29(35)20-34(28-17-25(31)14-11-22(28)3)40(37,38)27-9-7-6-8-10-27/h6-17,21,23H,18-20H2,1-5H3,(H,32,36)/t23-/m0/s1. The summed E-state index contributed by atoms with van der Waals surface area (Å²) in [5, 5.41) is 3.21. The third kappa shape index (κ3) is 7.76. The van der Waals surface area contributed by atoms with Gasteiger partial charge >= 0.3 is 0 Å². The maximum absolute atomic E-state index is 14.0. The summed E-state index contributed by atoms with van der Waals surface area (Å²) >= 11 is 6.26. The van der Waals surface area contributed by atoms with Gasteiger partial charge in [0.15, 0.2) is 0 Å². The Kier molecular flexibility index (Phi) is 10.6. The van der Waals surface area contributed by atoms with E-state index in [-0.39, 0.29) is 29.0 Å². The van der Waals surface area contributed by atoms with Crippen LogP contribution in [0, 0.1) is 12.8 Å². The number of nitrogens with one attached hydrogen (secondary N) is 1. The summed E-state index contributed by atoms with van der Waals surface area (Å²) in [6.45, 7) is 7.35. The molecule has 10 heteroatoms. The fourth-order valence-electron chi connectivity index (χ4n) is 4.05. The third-order valence-corrected chi connectivity index (χ3v) is 8.42. The van der Waals surface area contributed by atoms with Crippen molar-refractivity contribution in [3.05, 3.63) is 88.9 Å². The molecule has 3 aromatic carbocycles. The van der Waals surface area contributed by atoms with Crippen LogP contribution in [0.3, 0.4) is 0 Å². The lowest BCUT2D eigenvalue weighted by Gasteiger charge is -2.32. The van der Waals surface area contributed by atoms with E-state index in [1.54, 1.807) is 75.6 Å². The normalized spacial score (nSPS) is 12.1. The van der Waals surface area contributed by atoms with Gasteiger partial charge in [-0.1, -0.05) is 61.8 Å². The molecule has 0 heterocycles. The van der Waals surface area contributed by atoms with Crippen LogP contribution in [-0.4, -0.2) is 51.4 Å². The molecule has 8 nitrogen and oxygen atoms in total. The summed E-state index contributed by atoms with van der Waals surface area (Å²) in [6, 6.07) is 19.1. The van der Waals surface area contributed by atoms with Gasteiger partial charge < -0.3 is 15.0 Å². The van der Waals surface area contributed by atoms with Crippen molar-refractivity contribution in [3.8, 4) is 5.75 Å². The Hall–Kier alpha value is -3.56. The van der Waals surface area contributed by atoms with Gasteiger partial charge in [0.05, 0.1) is 17.7 Å². The first-order chi connectivity index (χ1) is 18.9. The Bertz CT molecular complexity index is 1410. The smallest absolute Gasteiger partial charge is 0.264 e. The van der Waals surface area contributed by atoms with Crippen LogP contribution in [0.2, 0.25) is 5.02 Å². The molecule has 0 spiro atoms. The molecule has 0 fully saturated rings. The minimum Gasteiger partial charge on any atom is -0.497 e. The molecular weight excluding hydrogens is 550 g/mol. The van der Waals surface area contributed by atoms with Crippen LogP contribution in [0.1, 0.15) is 31.9 Å². The molecule has 214 valence electrons. The van der Waals surface area contributed by atoms with Gasteiger partial charge in [-0.25, -0.2) is 8.42 Å². The second-order valence-electron chi connectivity index (χ2n) is 9.94. The van der Waals surface area contributed by atoms with Crippen molar-refractivity contribution in [1.29, 1.82) is 0 Å². The number of hydrogen-bond acceptors (Lipinski definition) is 5. The summed E-state index contributed by atoms with van der Waals surface area (Å²) in [4.78, 5) is 28.5. The molecule has 0 aliphatic rings. The molecule has 3 aromatic rings. The van der Waals surface area contributed by atoms with Crippen LogP contribution < -0.4 is 14.4 Å². The molecule has 0 unspecified atom stereocenters. The Morgan fingerprint density at radius 3 is 2.23 bits per heavy atom. The number of carbonyl (C=O) groups excluding carboxylic acids is 2. The Morgan fingerprint density at radius 2 is 1.62 bits per heavy atom. The minimum absolute atomic E-state index is 0.0339. The zero-order chi connectivity index (χ0) is 29.4. The van der Waals surface area contributed by atoms with E-state index in [9.17, 15) is 18.0 Å². The third-order valence-electron chi connectivity index (χ3n) is 6.41. The molecule has 0 saturated carbocycles. The number of amides is 2. The molecule has 0 saturated heterocycles. The van der Waals surface area contributed by atoms with Gasteiger partial charge in [-0.3, -0.25) is 13.9 Å². The number of ether oxygens (including phenoxy) is 1. The molecule has 0 aromatic heterocycles. The molecular formula is C30H36ClN3O5S. The molecule has 40 heavy (non-hydrogen) atoms. The maximum Gasteiger partial charge on any atom is 0.264 e. The monoisotopic (exact) mass is 585 g/mol. The van der Waals surface area contributed by atoms with Crippen LogP contribution in [0.5, 0.6) is 5.75 Å². The van der Waals surface area contributed by atoms with E-state index in [0.29, 0.717) is 22.9 Å². The zero-order valence-electron chi connectivity index (χ0n) is 23.4. The van der Waals surface area contributed by atoms with Crippen LogP contribution in [0.15, 0.2) is 77.7 Å². The van der Waals surface area contributed by atoms with Gasteiger partial charge in [0.1, 0.15) is 18.3 Å². The van der Waals surface area contributed by atoms with E-state index < -0.39 is 28.5 Å². The number of anilines is 1. The first kappa shape index (κ1) is 31.0. The van der Waals surface area contributed by atoms with Gasteiger partial charge in [0, 0.05) is 18.1 Å². The lowest BCUT2D eigenvalue weighted by atomic mass is 10.1. The highest BCUT2D eigenvalue weighted by Gasteiger charge is 2.33. The van der Waals surface area contributed by atoms with E-state index >= 15 is 0 Å². The lowest BCUT2D eigenvalue weighted by molar-refractivity contribution is -0.139. The number of benzene rings is 3. The van der Waals surface area contributed by atoms with Crippen LogP contribution in [0.4, 0.5) is 5.69 Å². The number of sulfonamides is 1. The highest BCUT2D eigenvalue weighted by atomic mass is 35.5.